The molecule has 0 atom stereocenters. The zero-order valence-corrected chi connectivity index (χ0v) is 15.2. The summed E-state index contributed by atoms with van der Waals surface area (Å²) in [6, 6.07) is 6.23. The Labute approximate surface area is 154 Å². The van der Waals surface area contributed by atoms with Crippen molar-refractivity contribution in [3.63, 3.8) is 0 Å². The number of nitriles is 1. The SMILES string of the molecule is CC(C)OC(=O)C(C#N)=Cc1ccc(Sc2nccn2C)c([N+](=O)[O-])c1. The van der Waals surface area contributed by atoms with E-state index in [9.17, 15) is 14.9 Å². The smallest absolute Gasteiger partial charge is 0.349 e. The normalized spacial score (nSPS) is 11.3. The lowest BCUT2D eigenvalue weighted by atomic mass is 10.1. The molecule has 0 fully saturated rings. The van der Waals surface area contributed by atoms with Crippen molar-refractivity contribution in [1.82, 2.24) is 9.55 Å². The number of carbonyl (C=O) groups is 1. The van der Waals surface area contributed by atoms with Crippen molar-refractivity contribution in [3.05, 3.63) is 51.8 Å². The molecular formula is C17H16N4O4S. The summed E-state index contributed by atoms with van der Waals surface area (Å²) in [7, 11) is 1.79. The van der Waals surface area contributed by atoms with Crippen LogP contribution in [0.15, 0.2) is 46.2 Å². The van der Waals surface area contributed by atoms with E-state index in [0.29, 0.717) is 15.6 Å². The minimum absolute atomic E-state index is 0.138. The molecule has 0 saturated heterocycles. The van der Waals surface area contributed by atoms with Crippen LogP contribution >= 0.6 is 11.8 Å². The number of aryl methyl sites for hydroxylation is 1. The average Bonchev–Trinajstić information content (AvgIpc) is 2.97. The molecule has 0 unspecified atom stereocenters. The second-order valence-corrected chi connectivity index (χ2v) is 6.54. The number of benzene rings is 1. The number of esters is 1. The van der Waals surface area contributed by atoms with Gasteiger partial charge in [-0.05, 0) is 43.3 Å². The van der Waals surface area contributed by atoms with Crippen molar-refractivity contribution in [2.75, 3.05) is 0 Å². The Balaban J connectivity index is 2.37. The molecule has 0 amide bonds. The molecule has 8 nitrogen and oxygen atoms in total. The van der Waals surface area contributed by atoms with Gasteiger partial charge in [0.1, 0.15) is 11.6 Å². The molecule has 1 aromatic carbocycles. The number of nitrogens with zero attached hydrogens (tertiary/aromatic N) is 4. The lowest BCUT2D eigenvalue weighted by molar-refractivity contribution is -0.387. The largest absolute Gasteiger partial charge is 0.459 e. The number of imidazole rings is 1. The van der Waals surface area contributed by atoms with Crippen LogP contribution in [0.5, 0.6) is 0 Å². The fourth-order valence-electron chi connectivity index (χ4n) is 1.98. The van der Waals surface area contributed by atoms with E-state index in [0.717, 1.165) is 11.8 Å². The Morgan fingerprint density at radius 2 is 2.23 bits per heavy atom. The molecule has 1 aromatic heterocycles. The van der Waals surface area contributed by atoms with Gasteiger partial charge in [0.25, 0.3) is 5.69 Å². The fraction of sp³-hybridized carbons (Fsp3) is 0.235. The number of rotatable bonds is 6. The third-order valence-electron chi connectivity index (χ3n) is 3.15. The highest BCUT2D eigenvalue weighted by Crippen LogP contribution is 2.34. The topological polar surface area (TPSA) is 111 Å². The van der Waals surface area contributed by atoms with E-state index in [-0.39, 0.29) is 17.4 Å². The molecule has 26 heavy (non-hydrogen) atoms. The fourth-order valence-corrected chi connectivity index (χ4v) is 2.87. The van der Waals surface area contributed by atoms with Gasteiger partial charge < -0.3 is 9.30 Å². The van der Waals surface area contributed by atoms with Crippen molar-refractivity contribution >= 4 is 29.5 Å². The maximum atomic E-state index is 11.9. The number of ether oxygens (including phenoxy) is 1. The van der Waals surface area contributed by atoms with Gasteiger partial charge in [-0.15, -0.1) is 0 Å². The zero-order chi connectivity index (χ0) is 19.3. The number of nitro groups is 1. The van der Waals surface area contributed by atoms with Crippen molar-refractivity contribution in [3.8, 4) is 6.07 Å². The van der Waals surface area contributed by atoms with Crippen molar-refractivity contribution in [2.45, 2.75) is 30.0 Å². The Hall–Kier alpha value is -3.12. The summed E-state index contributed by atoms with van der Waals surface area (Å²) in [6.07, 6.45) is 4.24. The van der Waals surface area contributed by atoms with Crippen LogP contribution in [0.4, 0.5) is 5.69 Å². The van der Waals surface area contributed by atoms with Gasteiger partial charge in [0.2, 0.25) is 0 Å². The highest BCUT2D eigenvalue weighted by atomic mass is 32.2. The van der Waals surface area contributed by atoms with Gasteiger partial charge >= 0.3 is 5.97 Å². The standard InChI is InChI=1S/C17H16N4O4S/c1-11(2)25-16(22)13(10-18)8-12-4-5-15(14(9-12)21(23)24)26-17-19-6-7-20(17)3/h4-9,11H,1-3H3. The first-order valence-electron chi connectivity index (χ1n) is 7.58. The third-order valence-corrected chi connectivity index (χ3v) is 4.29. The first-order chi connectivity index (χ1) is 12.3. The second-order valence-electron chi connectivity index (χ2n) is 5.53. The Morgan fingerprint density at radius 3 is 2.77 bits per heavy atom. The number of hydrogen-bond acceptors (Lipinski definition) is 7. The molecular weight excluding hydrogens is 356 g/mol. The van der Waals surface area contributed by atoms with Crippen LogP contribution in [0.1, 0.15) is 19.4 Å². The maximum absolute atomic E-state index is 11.9. The molecule has 0 N–H and O–H groups in total. The third kappa shape index (κ3) is 4.70. The average molecular weight is 372 g/mol. The summed E-state index contributed by atoms with van der Waals surface area (Å²) in [5.41, 5.74) is -0.00286. The summed E-state index contributed by atoms with van der Waals surface area (Å²) in [4.78, 5) is 27.3. The summed E-state index contributed by atoms with van der Waals surface area (Å²) >= 11 is 1.16. The van der Waals surface area contributed by atoms with E-state index >= 15 is 0 Å². The van der Waals surface area contributed by atoms with Gasteiger partial charge in [0.15, 0.2) is 5.16 Å². The molecule has 0 radical (unpaired) electrons. The lowest BCUT2D eigenvalue weighted by Crippen LogP contribution is -2.12. The van der Waals surface area contributed by atoms with Crippen molar-refractivity contribution in [1.29, 1.82) is 5.26 Å². The van der Waals surface area contributed by atoms with E-state index in [1.165, 1.54) is 12.1 Å². The van der Waals surface area contributed by atoms with Crippen molar-refractivity contribution in [2.24, 2.45) is 7.05 Å². The Morgan fingerprint density at radius 1 is 1.50 bits per heavy atom. The van der Waals surface area contributed by atoms with E-state index in [4.69, 9.17) is 10.00 Å². The monoisotopic (exact) mass is 372 g/mol. The van der Waals surface area contributed by atoms with Gasteiger partial charge in [0, 0.05) is 25.5 Å². The summed E-state index contributed by atoms with van der Waals surface area (Å²) in [6.45, 7) is 3.34. The van der Waals surface area contributed by atoms with Crippen molar-refractivity contribution < 1.29 is 14.5 Å². The lowest BCUT2D eigenvalue weighted by Gasteiger charge is -2.07. The van der Waals surface area contributed by atoms with E-state index in [1.807, 2.05) is 0 Å². The summed E-state index contributed by atoms with van der Waals surface area (Å²) in [5, 5.41) is 21.2. The first-order valence-corrected chi connectivity index (χ1v) is 8.40. The van der Waals surface area contributed by atoms with Crippen LogP contribution in [-0.2, 0) is 16.6 Å². The summed E-state index contributed by atoms with van der Waals surface area (Å²) in [5.74, 6) is -0.767. The van der Waals surface area contributed by atoms with Gasteiger partial charge in [-0.3, -0.25) is 10.1 Å². The van der Waals surface area contributed by atoms with Crippen LogP contribution in [0, 0.1) is 21.4 Å². The summed E-state index contributed by atoms with van der Waals surface area (Å²) < 4.78 is 6.73. The molecule has 0 bridgehead atoms. The van der Waals surface area contributed by atoms with Gasteiger partial charge in [-0.2, -0.15) is 5.26 Å². The minimum atomic E-state index is -0.767. The molecule has 0 aliphatic carbocycles. The molecule has 0 aliphatic rings. The molecule has 1 heterocycles. The molecule has 0 saturated carbocycles. The molecule has 2 rings (SSSR count). The molecule has 9 heteroatoms. The first kappa shape index (κ1) is 19.2. The van der Waals surface area contributed by atoms with Crippen LogP contribution in [0.3, 0.4) is 0 Å². The van der Waals surface area contributed by atoms with Gasteiger partial charge in [0.05, 0.1) is 15.9 Å². The Bertz CT molecular complexity index is 912. The molecule has 0 aliphatic heterocycles. The maximum Gasteiger partial charge on any atom is 0.349 e. The van der Waals surface area contributed by atoms with Crippen LogP contribution in [-0.4, -0.2) is 26.5 Å². The predicted molar refractivity (Wildman–Crippen MR) is 95.2 cm³/mol. The molecule has 0 spiro atoms. The number of aromatic nitrogens is 2. The van der Waals surface area contributed by atoms with E-state index < -0.39 is 10.9 Å². The second kappa shape index (κ2) is 8.31. The number of carbonyl (C=O) groups excluding carboxylic acids is 1. The van der Waals surface area contributed by atoms with Gasteiger partial charge in [-0.25, -0.2) is 9.78 Å². The molecule has 2 aromatic rings. The Kier molecular flexibility index (Phi) is 6.14. The highest BCUT2D eigenvalue weighted by molar-refractivity contribution is 7.99. The van der Waals surface area contributed by atoms with Crippen LogP contribution in [0.2, 0.25) is 0 Å². The predicted octanol–water partition coefficient (Wildman–Crippen LogP) is 3.34. The molecule has 134 valence electrons. The number of hydrogen-bond donors (Lipinski definition) is 0. The van der Waals surface area contributed by atoms with Crippen LogP contribution < -0.4 is 0 Å². The highest BCUT2D eigenvalue weighted by Gasteiger charge is 2.18. The number of nitro benzene ring substituents is 1. The minimum Gasteiger partial charge on any atom is -0.459 e. The van der Waals surface area contributed by atoms with E-state index in [2.05, 4.69) is 4.98 Å². The zero-order valence-electron chi connectivity index (χ0n) is 14.4. The van der Waals surface area contributed by atoms with Crippen LogP contribution in [0.25, 0.3) is 6.08 Å². The quantitative estimate of drug-likeness (QED) is 0.251. The van der Waals surface area contributed by atoms with Gasteiger partial charge in [-0.1, -0.05) is 6.07 Å². The van der Waals surface area contributed by atoms with E-state index in [1.54, 1.807) is 56.1 Å².